The monoisotopic (exact) mass is 280 g/mol. The Labute approximate surface area is 126 Å². The van der Waals surface area contributed by atoms with Crippen molar-refractivity contribution in [3.8, 4) is 11.8 Å². The lowest BCUT2D eigenvalue weighted by atomic mass is 9.99. The van der Waals surface area contributed by atoms with Crippen molar-refractivity contribution in [2.75, 3.05) is 0 Å². The first-order chi connectivity index (χ1) is 10.1. The second kappa shape index (κ2) is 6.92. The van der Waals surface area contributed by atoms with E-state index in [9.17, 15) is 0 Å². The molecule has 2 unspecified atom stereocenters. The molecule has 0 fully saturated rings. The third-order valence-corrected chi connectivity index (χ3v) is 3.48. The van der Waals surface area contributed by atoms with E-state index >= 15 is 0 Å². The highest BCUT2D eigenvalue weighted by atomic mass is 16.5. The Morgan fingerprint density at radius 1 is 1.19 bits per heavy atom. The summed E-state index contributed by atoms with van der Waals surface area (Å²) in [5.41, 5.74) is 9.11. The molecule has 0 bridgehead atoms. The average Bonchev–Trinajstić information content (AvgIpc) is 2.52. The van der Waals surface area contributed by atoms with Gasteiger partial charge in [-0.1, -0.05) is 36.8 Å². The van der Waals surface area contributed by atoms with Gasteiger partial charge >= 0.3 is 0 Å². The molecule has 108 valence electrons. The molecule has 0 saturated heterocycles. The highest BCUT2D eigenvalue weighted by molar-refractivity contribution is 5.35. The molecular formula is C18H20N2O. The molecule has 2 atom stereocenters. The largest absolute Gasteiger partial charge is 0.484 e. The second-order valence-electron chi connectivity index (χ2n) is 5.16. The molecule has 0 heterocycles. The Kier molecular flexibility index (Phi) is 4.97. The second-order valence-corrected chi connectivity index (χ2v) is 5.16. The number of nitriles is 1. The van der Waals surface area contributed by atoms with Gasteiger partial charge in [0.25, 0.3) is 0 Å². The standard InChI is InChI=1S/C18H20N2O/c1-3-17(20)18(15-6-4-5-13(2)11-15)21-16-9-7-14(12-19)8-10-16/h4-11,17-18H,3,20H2,1-2H3. The molecule has 0 aliphatic rings. The Morgan fingerprint density at radius 2 is 1.90 bits per heavy atom. The summed E-state index contributed by atoms with van der Waals surface area (Å²) in [4.78, 5) is 0. The molecule has 2 aromatic rings. The lowest BCUT2D eigenvalue weighted by Gasteiger charge is -2.25. The molecule has 2 rings (SSSR count). The number of hydrogen-bond acceptors (Lipinski definition) is 3. The van der Waals surface area contributed by atoms with Gasteiger partial charge in [0, 0.05) is 6.04 Å². The maximum Gasteiger partial charge on any atom is 0.139 e. The van der Waals surface area contributed by atoms with Gasteiger partial charge in [0.2, 0.25) is 0 Å². The van der Waals surface area contributed by atoms with E-state index in [0.29, 0.717) is 5.56 Å². The van der Waals surface area contributed by atoms with Crippen LogP contribution in [0.4, 0.5) is 0 Å². The molecule has 0 spiro atoms. The van der Waals surface area contributed by atoms with Crippen molar-refractivity contribution in [2.45, 2.75) is 32.4 Å². The molecule has 3 heteroatoms. The van der Waals surface area contributed by atoms with Crippen LogP contribution in [0.3, 0.4) is 0 Å². The van der Waals surface area contributed by atoms with Gasteiger partial charge in [-0.3, -0.25) is 0 Å². The molecule has 0 aliphatic heterocycles. The molecule has 0 amide bonds. The molecule has 0 aliphatic carbocycles. The van der Waals surface area contributed by atoms with Gasteiger partial charge in [-0.2, -0.15) is 5.26 Å². The van der Waals surface area contributed by atoms with Crippen LogP contribution < -0.4 is 10.5 Å². The number of nitrogens with two attached hydrogens (primary N) is 1. The molecule has 0 radical (unpaired) electrons. The van der Waals surface area contributed by atoms with Crippen LogP contribution in [0.5, 0.6) is 5.75 Å². The van der Waals surface area contributed by atoms with Crippen molar-refractivity contribution in [3.63, 3.8) is 0 Å². The Balaban J connectivity index is 2.26. The minimum atomic E-state index is -0.192. The molecule has 0 aromatic heterocycles. The topological polar surface area (TPSA) is 59.0 Å². The molecule has 2 aromatic carbocycles. The number of hydrogen-bond donors (Lipinski definition) is 1. The zero-order valence-electron chi connectivity index (χ0n) is 12.4. The Hall–Kier alpha value is -2.31. The van der Waals surface area contributed by atoms with Crippen molar-refractivity contribution in [1.82, 2.24) is 0 Å². The smallest absolute Gasteiger partial charge is 0.139 e. The third-order valence-electron chi connectivity index (χ3n) is 3.48. The Morgan fingerprint density at radius 3 is 2.48 bits per heavy atom. The Bertz CT molecular complexity index is 628. The number of nitrogens with zero attached hydrogens (tertiary/aromatic N) is 1. The van der Waals surface area contributed by atoms with Crippen molar-refractivity contribution < 1.29 is 4.74 Å². The van der Waals surface area contributed by atoms with E-state index in [-0.39, 0.29) is 12.1 Å². The van der Waals surface area contributed by atoms with Crippen molar-refractivity contribution in [1.29, 1.82) is 5.26 Å². The van der Waals surface area contributed by atoms with Gasteiger partial charge in [-0.15, -0.1) is 0 Å². The lowest BCUT2D eigenvalue weighted by Crippen LogP contribution is -2.31. The third kappa shape index (κ3) is 3.84. The molecule has 21 heavy (non-hydrogen) atoms. The summed E-state index contributed by atoms with van der Waals surface area (Å²) in [6, 6.07) is 17.3. The van der Waals surface area contributed by atoms with E-state index in [0.717, 1.165) is 17.7 Å². The van der Waals surface area contributed by atoms with Crippen LogP contribution in [0.2, 0.25) is 0 Å². The first-order valence-electron chi connectivity index (χ1n) is 7.13. The van der Waals surface area contributed by atoms with Crippen LogP contribution in [-0.4, -0.2) is 6.04 Å². The number of rotatable bonds is 5. The first-order valence-corrected chi connectivity index (χ1v) is 7.13. The predicted octanol–water partition coefficient (Wildman–Crippen LogP) is 3.72. The summed E-state index contributed by atoms with van der Waals surface area (Å²) in [5.74, 6) is 0.726. The summed E-state index contributed by atoms with van der Waals surface area (Å²) in [7, 11) is 0. The van der Waals surface area contributed by atoms with Gasteiger partial charge in [-0.25, -0.2) is 0 Å². The number of ether oxygens (including phenoxy) is 1. The summed E-state index contributed by atoms with van der Waals surface area (Å²) < 4.78 is 6.07. The molecular weight excluding hydrogens is 260 g/mol. The highest BCUT2D eigenvalue weighted by Crippen LogP contribution is 2.26. The lowest BCUT2D eigenvalue weighted by molar-refractivity contribution is 0.171. The van der Waals surface area contributed by atoms with E-state index in [2.05, 4.69) is 32.0 Å². The van der Waals surface area contributed by atoms with Crippen LogP contribution in [0.1, 0.15) is 36.1 Å². The van der Waals surface area contributed by atoms with Gasteiger partial charge in [-0.05, 0) is 43.2 Å². The molecule has 0 saturated carbocycles. The zero-order valence-corrected chi connectivity index (χ0v) is 12.4. The quantitative estimate of drug-likeness (QED) is 0.908. The fourth-order valence-electron chi connectivity index (χ4n) is 2.22. The first kappa shape index (κ1) is 15.1. The van der Waals surface area contributed by atoms with E-state index in [1.807, 2.05) is 24.3 Å². The minimum Gasteiger partial charge on any atom is -0.484 e. The van der Waals surface area contributed by atoms with Crippen LogP contribution in [0.15, 0.2) is 48.5 Å². The maximum absolute atomic E-state index is 8.83. The van der Waals surface area contributed by atoms with Crippen LogP contribution >= 0.6 is 0 Å². The normalized spacial score (nSPS) is 13.2. The maximum atomic E-state index is 8.83. The molecule has 2 N–H and O–H groups in total. The fourth-order valence-corrected chi connectivity index (χ4v) is 2.22. The van der Waals surface area contributed by atoms with Gasteiger partial charge in [0.15, 0.2) is 0 Å². The summed E-state index contributed by atoms with van der Waals surface area (Å²) in [6.07, 6.45) is 0.636. The minimum absolute atomic E-state index is 0.0811. The van der Waals surface area contributed by atoms with E-state index in [1.54, 1.807) is 12.1 Å². The van der Waals surface area contributed by atoms with E-state index in [4.69, 9.17) is 15.7 Å². The summed E-state index contributed by atoms with van der Waals surface area (Å²) in [6.45, 7) is 4.11. The van der Waals surface area contributed by atoms with Gasteiger partial charge < -0.3 is 10.5 Å². The van der Waals surface area contributed by atoms with E-state index < -0.39 is 0 Å². The average molecular weight is 280 g/mol. The fraction of sp³-hybridized carbons (Fsp3) is 0.278. The highest BCUT2D eigenvalue weighted by Gasteiger charge is 2.20. The van der Waals surface area contributed by atoms with Crippen molar-refractivity contribution in [2.24, 2.45) is 5.73 Å². The van der Waals surface area contributed by atoms with Crippen molar-refractivity contribution in [3.05, 3.63) is 65.2 Å². The van der Waals surface area contributed by atoms with Crippen LogP contribution in [-0.2, 0) is 0 Å². The summed E-state index contributed by atoms with van der Waals surface area (Å²) >= 11 is 0. The van der Waals surface area contributed by atoms with Crippen LogP contribution in [0, 0.1) is 18.3 Å². The van der Waals surface area contributed by atoms with Gasteiger partial charge in [0.1, 0.15) is 11.9 Å². The van der Waals surface area contributed by atoms with Crippen molar-refractivity contribution >= 4 is 0 Å². The predicted molar refractivity (Wildman–Crippen MR) is 84.0 cm³/mol. The SMILES string of the molecule is CCC(N)C(Oc1ccc(C#N)cc1)c1cccc(C)c1. The van der Waals surface area contributed by atoms with Crippen LogP contribution in [0.25, 0.3) is 0 Å². The summed E-state index contributed by atoms with van der Waals surface area (Å²) in [5, 5.41) is 8.83. The zero-order chi connectivity index (χ0) is 15.2. The molecule has 3 nitrogen and oxygen atoms in total. The number of benzene rings is 2. The van der Waals surface area contributed by atoms with Gasteiger partial charge in [0.05, 0.1) is 11.6 Å². The van der Waals surface area contributed by atoms with E-state index in [1.165, 1.54) is 5.56 Å². The number of aryl methyl sites for hydroxylation is 1.